The Bertz CT molecular complexity index is 532. The molecule has 0 radical (unpaired) electrons. The molecular weight excluding hydrogens is 275 g/mol. The molecule has 2 heterocycles. The zero-order chi connectivity index (χ0) is 12.6. The number of rotatable bonds is 1. The van der Waals surface area contributed by atoms with Crippen molar-refractivity contribution in [3.63, 3.8) is 0 Å². The lowest BCUT2D eigenvalue weighted by atomic mass is 10.3. The van der Waals surface area contributed by atoms with Crippen molar-refractivity contribution in [3.8, 4) is 10.6 Å². The van der Waals surface area contributed by atoms with E-state index in [0.717, 1.165) is 6.20 Å². The van der Waals surface area contributed by atoms with Gasteiger partial charge in [0, 0.05) is 12.3 Å². The Morgan fingerprint density at radius 3 is 2.53 bits per heavy atom. The summed E-state index contributed by atoms with van der Waals surface area (Å²) in [6, 6.07) is 1.40. The Balaban J connectivity index is 2.44. The summed E-state index contributed by atoms with van der Waals surface area (Å²) < 4.78 is 37.1. The largest absolute Gasteiger partial charge is 0.443 e. The molecule has 90 valence electrons. The van der Waals surface area contributed by atoms with Crippen molar-refractivity contribution < 1.29 is 13.2 Å². The van der Waals surface area contributed by atoms with Crippen LogP contribution in [0.15, 0.2) is 12.3 Å². The summed E-state index contributed by atoms with van der Waals surface area (Å²) in [5, 5.41) is -0.714. The van der Waals surface area contributed by atoms with Gasteiger partial charge in [-0.15, -0.1) is 11.3 Å². The van der Waals surface area contributed by atoms with Crippen molar-refractivity contribution >= 4 is 22.9 Å². The Hall–Kier alpha value is -1.21. The van der Waals surface area contributed by atoms with Crippen molar-refractivity contribution in [1.29, 1.82) is 0 Å². The Morgan fingerprint density at radius 2 is 2.00 bits per heavy atom. The zero-order valence-electron chi connectivity index (χ0n) is 8.42. The molecule has 8 heteroatoms. The second-order valence-electron chi connectivity index (χ2n) is 3.15. The van der Waals surface area contributed by atoms with Gasteiger partial charge in [0.25, 0.3) is 0 Å². The summed E-state index contributed by atoms with van der Waals surface area (Å²) in [5.41, 5.74) is 0.343. The highest BCUT2D eigenvalue weighted by molar-refractivity contribution is 7.15. The summed E-state index contributed by atoms with van der Waals surface area (Å²) in [7, 11) is 0. The van der Waals surface area contributed by atoms with E-state index < -0.39 is 11.2 Å². The van der Waals surface area contributed by atoms with Crippen LogP contribution in [-0.4, -0.2) is 15.0 Å². The highest BCUT2D eigenvalue weighted by atomic mass is 35.5. The van der Waals surface area contributed by atoms with Gasteiger partial charge in [-0.2, -0.15) is 13.2 Å². The molecule has 0 amide bonds. The van der Waals surface area contributed by atoms with Crippen molar-refractivity contribution in [3.05, 3.63) is 28.2 Å². The van der Waals surface area contributed by atoms with Crippen LogP contribution in [-0.2, 0) is 6.18 Å². The fraction of sp³-hybridized carbons (Fsp3) is 0.222. The Kier molecular flexibility index (Phi) is 3.05. The van der Waals surface area contributed by atoms with Gasteiger partial charge in [-0.05, 0) is 6.92 Å². The van der Waals surface area contributed by atoms with Crippen molar-refractivity contribution in [1.82, 2.24) is 15.0 Å². The normalized spacial score (nSPS) is 11.8. The second-order valence-corrected chi connectivity index (χ2v) is 4.57. The first kappa shape index (κ1) is 12.3. The first-order valence-electron chi connectivity index (χ1n) is 4.41. The number of hydrogen-bond donors (Lipinski definition) is 0. The van der Waals surface area contributed by atoms with Crippen LogP contribution < -0.4 is 0 Å². The predicted octanol–water partition coefficient (Wildman–Crippen LogP) is 3.58. The second kappa shape index (κ2) is 4.23. The molecule has 2 rings (SSSR count). The quantitative estimate of drug-likeness (QED) is 0.749. The van der Waals surface area contributed by atoms with Gasteiger partial charge >= 0.3 is 6.18 Å². The summed E-state index contributed by atoms with van der Waals surface area (Å²) in [4.78, 5) is 11.5. The minimum atomic E-state index is -4.44. The number of alkyl halides is 3. The SMILES string of the molecule is Cc1nc(Cl)cc(-c2cnc(C(F)(F)F)s2)n1. The molecule has 0 aliphatic rings. The molecule has 0 saturated heterocycles. The van der Waals surface area contributed by atoms with E-state index >= 15 is 0 Å². The molecule has 3 nitrogen and oxygen atoms in total. The summed E-state index contributed by atoms with van der Waals surface area (Å²) in [6.07, 6.45) is -3.31. The maximum absolute atomic E-state index is 12.4. The molecule has 0 fully saturated rings. The summed E-state index contributed by atoms with van der Waals surface area (Å²) in [5.74, 6) is 0.398. The minimum Gasteiger partial charge on any atom is -0.240 e. The summed E-state index contributed by atoms with van der Waals surface area (Å²) in [6.45, 7) is 1.61. The number of halogens is 4. The molecule has 0 atom stereocenters. The average Bonchev–Trinajstić information content (AvgIpc) is 2.63. The third-order valence-corrected chi connectivity index (χ3v) is 3.07. The van der Waals surface area contributed by atoms with E-state index in [1.165, 1.54) is 6.07 Å². The van der Waals surface area contributed by atoms with E-state index in [4.69, 9.17) is 11.6 Å². The van der Waals surface area contributed by atoms with E-state index in [9.17, 15) is 13.2 Å². The van der Waals surface area contributed by atoms with Gasteiger partial charge in [-0.3, -0.25) is 0 Å². The maximum Gasteiger partial charge on any atom is 0.443 e. The van der Waals surface area contributed by atoms with Gasteiger partial charge in [-0.1, -0.05) is 11.6 Å². The lowest BCUT2D eigenvalue weighted by molar-refractivity contribution is -0.137. The Morgan fingerprint density at radius 1 is 1.29 bits per heavy atom. The molecule has 0 aromatic carbocycles. The fourth-order valence-corrected chi connectivity index (χ4v) is 2.15. The molecule has 0 N–H and O–H groups in total. The molecule has 0 aliphatic heterocycles. The van der Waals surface area contributed by atoms with E-state index in [2.05, 4.69) is 15.0 Å². The molecular formula is C9H5ClF3N3S. The summed E-state index contributed by atoms with van der Waals surface area (Å²) >= 11 is 6.23. The van der Waals surface area contributed by atoms with Gasteiger partial charge in [0.05, 0.1) is 10.6 Å². The number of aryl methyl sites for hydroxylation is 1. The molecule has 0 spiro atoms. The van der Waals surface area contributed by atoms with Crippen LogP contribution in [0.3, 0.4) is 0 Å². The van der Waals surface area contributed by atoms with Crippen LogP contribution in [0, 0.1) is 6.92 Å². The van der Waals surface area contributed by atoms with Crippen LogP contribution in [0.5, 0.6) is 0 Å². The Labute approximate surface area is 103 Å². The topological polar surface area (TPSA) is 38.7 Å². The van der Waals surface area contributed by atoms with E-state index in [0.29, 0.717) is 27.7 Å². The number of nitrogens with zero attached hydrogens (tertiary/aromatic N) is 3. The van der Waals surface area contributed by atoms with E-state index in [-0.39, 0.29) is 5.15 Å². The van der Waals surface area contributed by atoms with Crippen LogP contribution in [0.1, 0.15) is 10.8 Å². The molecule has 2 aromatic rings. The van der Waals surface area contributed by atoms with Crippen LogP contribution in [0.25, 0.3) is 10.6 Å². The lowest BCUT2D eigenvalue weighted by Crippen LogP contribution is -2.02. The van der Waals surface area contributed by atoms with E-state index in [1.807, 2.05) is 0 Å². The first-order valence-corrected chi connectivity index (χ1v) is 5.60. The van der Waals surface area contributed by atoms with Gasteiger partial charge in [0.2, 0.25) is 0 Å². The third-order valence-electron chi connectivity index (χ3n) is 1.81. The van der Waals surface area contributed by atoms with Gasteiger partial charge < -0.3 is 0 Å². The maximum atomic E-state index is 12.4. The molecule has 0 bridgehead atoms. The molecule has 0 saturated carbocycles. The van der Waals surface area contributed by atoms with Crippen LogP contribution in [0.4, 0.5) is 13.2 Å². The molecule has 2 aromatic heterocycles. The number of thiazole rings is 1. The number of hydrogen-bond acceptors (Lipinski definition) is 4. The highest BCUT2D eigenvalue weighted by Gasteiger charge is 2.34. The number of aromatic nitrogens is 3. The predicted molar refractivity (Wildman–Crippen MR) is 57.9 cm³/mol. The van der Waals surface area contributed by atoms with Crippen molar-refractivity contribution in [2.45, 2.75) is 13.1 Å². The monoisotopic (exact) mass is 279 g/mol. The average molecular weight is 280 g/mol. The van der Waals surface area contributed by atoms with E-state index in [1.54, 1.807) is 6.92 Å². The fourth-order valence-electron chi connectivity index (χ4n) is 1.18. The minimum absolute atomic E-state index is 0.189. The van der Waals surface area contributed by atoms with Gasteiger partial charge in [0.15, 0.2) is 5.01 Å². The molecule has 0 aliphatic carbocycles. The first-order chi connectivity index (χ1) is 7.86. The van der Waals surface area contributed by atoms with Gasteiger partial charge in [-0.25, -0.2) is 15.0 Å². The third kappa shape index (κ3) is 2.73. The molecule has 0 unspecified atom stereocenters. The smallest absolute Gasteiger partial charge is 0.240 e. The van der Waals surface area contributed by atoms with Crippen LogP contribution in [0.2, 0.25) is 5.15 Å². The molecule has 17 heavy (non-hydrogen) atoms. The standard InChI is InChI=1S/C9H5ClF3N3S/c1-4-15-5(2-7(10)16-4)6-3-14-8(17-6)9(11,12)13/h2-3H,1H3. The van der Waals surface area contributed by atoms with Crippen molar-refractivity contribution in [2.24, 2.45) is 0 Å². The van der Waals surface area contributed by atoms with Gasteiger partial charge in [0.1, 0.15) is 11.0 Å². The highest BCUT2D eigenvalue weighted by Crippen LogP contribution is 2.35. The zero-order valence-corrected chi connectivity index (χ0v) is 9.99. The van der Waals surface area contributed by atoms with Crippen molar-refractivity contribution in [2.75, 3.05) is 0 Å². The van der Waals surface area contributed by atoms with Crippen LogP contribution >= 0.6 is 22.9 Å². The lowest BCUT2D eigenvalue weighted by Gasteiger charge is -2.00.